The van der Waals surface area contributed by atoms with E-state index in [0.717, 1.165) is 38.5 Å². The predicted molar refractivity (Wildman–Crippen MR) is 283 cm³/mol. The van der Waals surface area contributed by atoms with Gasteiger partial charge >= 0.3 is 5.97 Å². The second kappa shape index (κ2) is 54.9. The van der Waals surface area contributed by atoms with Crippen molar-refractivity contribution in [1.82, 2.24) is 5.32 Å². The topological polar surface area (TPSA) is 95.9 Å². The Morgan fingerprint density at radius 2 is 0.723 bits per heavy atom. The van der Waals surface area contributed by atoms with Crippen LogP contribution in [0.4, 0.5) is 0 Å². The first-order chi connectivity index (χ1) is 32.0. The largest absolute Gasteiger partial charge is 0.466 e. The van der Waals surface area contributed by atoms with Crippen LogP contribution in [0, 0.1) is 0 Å². The third-order valence-electron chi connectivity index (χ3n) is 13.5. The molecule has 0 aliphatic heterocycles. The van der Waals surface area contributed by atoms with Crippen molar-refractivity contribution in [3.8, 4) is 0 Å². The zero-order valence-corrected chi connectivity index (χ0v) is 43.7. The lowest BCUT2D eigenvalue weighted by Crippen LogP contribution is -2.45. The second-order valence-electron chi connectivity index (χ2n) is 20.0. The van der Waals surface area contributed by atoms with E-state index in [-0.39, 0.29) is 18.5 Å². The highest BCUT2D eigenvalue weighted by Crippen LogP contribution is 2.17. The molecule has 65 heavy (non-hydrogen) atoms. The second-order valence-corrected chi connectivity index (χ2v) is 20.0. The lowest BCUT2D eigenvalue weighted by molar-refractivity contribution is -0.143. The van der Waals surface area contributed by atoms with E-state index in [1.165, 1.54) is 250 Å². The Balaban J connectivity index is 3.37. The molecule has 1 amide bonds. The van der Waals surface area contributed by atoms with Crippen LogP contribution in [-0.4, -0.2) is 47.4 Å². The molecule has 0 saturated heterocycles. The third-order valence-corrected chi connectivity index (χ3v) is 13.5. The summed E-state index contributed by atoms with van der Waals surface area (Å²) in [7, 11) is 0. The molecule has 384 valence electrons. The van der Waals surface area contributed by atoms with E-state index in [9.17, 15) is 19.8 Å². The molecule has 2 atom stereocenters. The molecular formula is C59H113NO5. The summed E-state index contributed by atoms with van der Waals surface area (Å²) in [6, 6.07) is -0.628. The minimum atomic E-state index is -0.844. The Kier molecular flexibility index (Phi) is 53.5. The maximum absolute atomic E-state index is 12.4. The smallest absolute Gasteiger partial charge is 0.305 e. The summed E-state index contributed by atoms with van der Waals surface area (Å²) in [6.07, 6.45) is 66.5. The Morgan fingerprint density at radius 3 is 1.09 bits per heavy atom. The lowest BCUT2D eigenvalue weighted by Gasteiger charge is -2.20. The van der Waals surface area contributed by atoms with Gasteiger partial charge in [0.2, 0.25) is 5.91 Å². The van der Waals surface area contributed by atoms with Gasteiger partial charge in [0.15, 0.2) is 0 Å². The number of hydrogen-bond acceptors (Lipinski definition) is 5. The van der Waals surface area contributed by atoms with Crippen LogP contribution in [0.5, 0.6) is 0 Å². The number of allylic oxidation sites excluding steroid dienone is 3. The van der Waals surface area contributed by atoms with Gasteiger partial charge < -0.3 is 20.3 Å². The Morgan fingerprint density at radius 1 is 0.415 bits per heavy atom. The highest BCUT2D eigenvalue weighted by atomic mass is 16.5. The fraction of sp³-hybridized carbons (Fsp3) is 0.898. The summed E-state index contributed by atoms with van der Waals surface area (Å²) in [6.45, 7) is 4.89. The van der Waals surface area contributed by atoms with Gasteiger partial charge in [-0.05, 0) is 57.8 Å². The molecule has 3 N–H and O–H groups in total. The average Bonchev–Trinajstić information content (AvgIpc) is 3.31. The van der Waals surface area contributed by atoms with Gasteiger partial charge in [0, 0.05) is 12.8 Å². The number of nitrogens with one attached hydrogen (secondary N) is 1. The fourth-order valence-electron chi connectivity index (χ4n) is 8.98. The van der Waals surface area contributed by atoms with Crippen LogP contribution in [0.25, 0.3) is 0 Å². The van der Waals surface area contributed by atoms with Crippen molar-refractivity contribution < 1.29 is 24.5 Å². The van der Waals surface area contributed by atoms with E-state index in [0.29, 0.717) is 19.4 Å². The molecule has 2 unspecified atom stereocenters. The fourth-order valence-corrected chi connectivity index (χ4v) is 8.98. The molecule has 0 heterocycles. The minimum Gasteiger partial charge on any atom is -0.466 e. The molecule has 0 radical (unpaired) electrons. The number of hydrogen-bond donors (Lipinski definition) is 3. The summed E-state index contributed by atoms with van der Waals surface area (Å²) in [4.78, 5) is 24.4. The zero-order valence-electron chi connectivity index (χ0n) is 43.7. The van der Waals surface area contributed by atoms with Crippen molar-refractivity contribution in [2.24, 2.45) is 0 Å². The molecule has 0 aromatic rings. The number of rotatable bonds is 54. The van der Waals surface area contributed by atoms with E-state index in [2.05, 4.69) is 31.3 Å². The van der Waals surface area contributed by atoms with Crippen molar-refractivity contribution in [3.05, 3.63) is 24.3 Å². The summed E-state index contributed by atoms with van der Waals surface area (Å²) >= 11 is 0. The van der Waals surface area contributed by atoms with Crippen LogP contribution in [0.3, 0.4) is 0 Å². The van der Waals surface area contributed by atoms with Gasteiger partial charge in [-0.25, -0.2) is 0 Å². The van der Waals surface area contributed by atoms with Crippen LogP contribution >= 0.6 is 0 Å². The molecule has 0 aromatic carbocycles. The molecule has 6 nitrogen and oxygen atoms in total. The molecule has 0 bridgehead atoms. The minimum absolute atomic E-state index is 0.0148. The van der Waals surface area contributed by atoms with Gasteiger partial charge in [-0.1, -0.05) is 269 Å². The highest BCUT2D eigenvalue weighted by Gasteiger charge is 2.18. The van der Waals surface area contributed by atoms with Crippen LogP contribution in [-0.2, 0) is 14.3 Å². The van der Waals surface area contributed by atoms with Crippen molar-refractivity contribution in [1.29, 1.82) is 0 Å². The van der Waals surface area contributed by atoms with E-state index in [4.69, 9.17) is 4.74 Å². The van der Waals surface area contributed by atoms with Crippen molar-refractivity contribution >= 4 is 11.9 Å². The average molecular weight is 917 g/mol. The highest BCUT2D eigenvalue weighted by molar-refractivity contribution is 5.76. The maximum Gasteiger partial charge on any atom is 0.305 e. The number of unbranched alkanes of at least 4 members (excludes halogenated alkanes) is 41. The standard InChI is InChI=1S/C59H113NO5/c1-3-5-7-9-11-13-14-15-26-30-33-37-41-45-49-53-59(64)65-54-50-46-42-38-34-31-28-25-23-21-19-17-16-18-20-22-24-27-29-32-36-40-44-48-52-58(63)60-56(55-61)57(62)51-47-43-39-35-12-10-8-6-4-2/h18,20,47,51,56-57,61-62H,3-17,19,21-46,48-50,52-55H2,1-2H3,(H,60,63)/b20-18-,51-47+. The van der Waals surface area contributed by atoms with E-state index < -0.39 is 12.1 Å². The number of aliphatic hydroxyl groups is 2. The molecule has 0 saturated carbocycles. The number of carbonyl (C=O) groups is 2. The number of amides is 1. The molecule has 0 spiro atoms. The first-order valence-corrected chi connectivity index (χ1v) is 29.1. The molecule has 0 aliphatic carbocycles. The van der Waals surface area contributed by atoms with Crippen LogP contribution < -0.4 is 5.32 Å². The SMILES string of the molecule is CCCCCCCCC/C=C/C(O)C(CO)NC(=O)CCCCCCCCCC/C=C\CCCCCCCCCCCCCCOC(=O)CCCCCCCCCCCCCCCCC. The molecule has 0 rings (SSSR count). The number of esters is 1. The quantitative estimate of drug-likeness (QED) is 0.0321. The first-order valence-electron chi connectivity index (χ1n) is 29.1. The molecule has 0 aliphatic rings. The van der Waals surface area contributed by atoms with Crippen LogP contribution in [0.15, 0.2) is 24.3 Å². The van der Waals surface area contributed by atoms with Crippen LogP contribution in [0.1, 0.15) is 316 Å². The van der Waals surface area contributed by atoms with Gasteiger partial charge in [-0.2, -0.15) is 0 Å². The summed E-state index contributed by atoms with van der Waals surface area (Å²) in [5.74, 6) is -0.0600. The van der Waals surface area contributed by atoms with Crippen molar-refractivity contribution in [3.63, 3.8) is 0 Å². The molecule has 6 heteroatoms. The van der Waals surface area contributed by atoms with E-state index >= 15 is 0 Å². The van der Waals surface area contributed by atoms with Gasteiger partial charge in [-0.3, -0.25) is 9.59 Å². The summed E-state index contributed by atoms with van der Waals surface area (Å²) < 4.78 is 5.49. The first kappa shape index (κ1) is 63.3. The Hall–Kier alpha value is -1.66. The molecular weight excluding hydrogens is 803 g/mol. The van der Waals surface area contributed by atoms with Gasteiger partial charge in [-0.15, -0.1) is 0 Å². The van der Waals surface area contributed by atoms with Gasteiger partial charge in [0.1, 0.15) is 0 Å². The van der Waals surface area contributed by atoms with Gasteiger partial charge in [0.25, 0.3) is 0 Å². The summed E-state index contributed by atoms with van der Waals surface area (Å²) in [5, 5.41) is 22.9. The Labute approximate surface area is 405 Å². The number of carbonyl (C=O) groups excluding carboxylic acids is 2. The molecule has 0 fully saturated rings. The lowest BCUT2D eigenvalue weighted by atomic mass is 10.0. The molecule has 0 aromatic heterocycles. The monoisotopic (exact) mass is 916 g/mol. The third kappa shape index (κ3) is 51.6. The van der Waals surface area contributed by atoms with Crippen molar-refractivity contribution in [2.75, 3.05) is 13.2 Å². The number of aliphatic hydroxyl groups excluding tert-OH is 2. The predicted octanol–water partition coefficient (Wildman–Crippen LogP) is 17.9. The zero-order chi connectivity index (χ0) is 47.2. The summed E-state index contributed by atoms with van der Waals surface area (Å²) in [5.41, 5.74) is 0. The normalized spacial score (nSPS) is 12.7. The van der Waals surface area contributed by atoms with Gasteiger partial charge in [0.05, 0.1) is 25.4 Å². The van der Waals surface area contributed by atoms with Crippen molar-refractivity contribution in [2.45, 2.75) is 328 Å². The van der Waals surface area contributed by atoms with E-state index in [1.54, 1.807) is 6.08 Å². The van der Waals surface area contributed by atoms with Crippen LogP contribution in [0.2, 0.25) is 0 Å². The Bertz CT molecular complexity index is 1010. The van der Waals surface area contributed by atoms with E-state index in [1.807, 2.05) is 6.08 Å². The maximum atomic E-state index is 12.4. The number of ether oxygens (including phenoxy) is 1.